The Balaban J connectivity index is 1.40. The molecule has 4 N–H and O–H groups in total. The van der Waals surface area contributed by atoms with Crippen LogP contribution in [0, 0.1) is 11.6 Å². The van der Waals surface area contributed by atoms with Crippen molar-refractivity contribution < 1.29 is 22.0 Å². The highest BCUT2D eigenvalue weighted by molar-refractivity contribution is 8.00. The summed E-state index contributed by atoms with van der Waals surface area (Å²) in [6.07, 6.45) is -1.62. The predicted molar refractivity (Wildman–Crippen MR) is 128 cm³/mol. The Kier molecular flexibility index (Phi) is 6.22. The van der Waals surface area contributed by atoms with Crippen molar-refractivity contribution in [2.45, 2.75) is 11.1 Å². The molecule has 7 nitrogen and oxygen atoms in total. The summed E-state index contributed by atoms with van der Waals surface area (Å²) in [5.41, 5.74) is 0.299. The van der Waals surface area contributed by atoms with Crippen LogP contribution in [0.4, 0.5) is 50.6 Å². The molecule has 0 unspecified atom stereocenters. The minimum atomic E-state index is -4.46. The molecule has 4 aromatic rings. The fourth-order valence-corrected chi connectivity index (χ4v) is 4.15. The first-order valence-corrected chi connectivity index (χ1v) is 11.3. The van der Waals surface area contributed by atoms with Crippen molar-refractivity contribution in [2.24, 2.45) is 0 Å². The van der Waals surface area contributed by atoms with E-state index in [1.807, 2.05) is 0 Å². The molecule has 0 saturated heterocycles. The Morgan fingerprint density at radius 3 is 2.50 bits per heavy atom. The number of aromatic nitrogens is 3. The first-order valence-electron chi connectivity index (χ1n) is 10.4. The maximum absolute atomic E-state index is 15.3. The Hall–Kier alpha value is -4.13. The Morgan fingerprint density at radius 2 is 1.72 bits per heavy atom. The van der Waals surface area contributed by atoms with E-state index in [4.69, 9.17) is 0 Å². The molecule has 0 fully saturated rings. The number of alkyl halides is 3. The second-order valence-corrected chi connectivity index (χ2v) is 8.39. The number of pyridine rings is 1. The SMILES string of the molecule is Fc1ccc(NSc2ccc(C(F)(F)F)cc2)c(F)c1Nc1ncccc1-c1ncnc2c1NCN2. The number of benzene rings is 2. The molecule has 2 aromatic carbocycles. The van der Waals surface area contributed by atoms with Gasteiger partial charge in [-0.2, -0.15) is 13.2 Å². The van der Waals surface area contributed by atoms with Crippen molar-refractivity contribution in [3.63, 3.8) is 0 Å². The molecule has 36 heavy (non-hydrogen) atoms. The zero-order chi connectivity index (χ0) is 25.3. The van der Waals surface area contributed by atoms with Gasteiger partial charge in [0.25, 0.3) is 0 Å². The van der Waals surface area contributed by atoms with E-state index in [1.165, 1.54) is 30.7 Å². The molecule has 0 amide bonds. The third-order valence-corrected chi connectivity index (χ3v) is 6.06. The summed E-state index contributed by atoms with van der Waals surface area (Å²) in [7, 11) is 0. The lowest BCUT2D eigenvalue weighted by Crippen LogP contribution is -2.05. The van der Waals surface area contributed by atoms with E-state index in [0.29, 0.717) is 34.3 Å². The van der Waals surface area contributed by atoms with Gasteiger partial charge in [0, 0.05) is 16.7 Å². The average Bonchev–Trinajstić information content (AvgIpc) is 3.35. The number of halogens is 5. The smallest absolute Gasteiger partial charge is 0.363 e. The van der Waals surface area contributed by atoms with Gasteiger partial charge in [0.15, 0.2) is 11.6 Å². The number of fused-ring (bicyclic) bond motifs is 1. The average molecular weight is 517 g/mol. The minimum absolute atomic E-state index is 0.0740. The zero-order valence-corrected chi connectivity index (χ0v) is 18.9. The van der Waals surface area contributed by atoms with Crippen LogP contribution in [0.1, 0.15) is 5.56 Å². The van der Waals surface area contributed by atoms with Crippen LogP contribution >= 0.6 is 11.9 Å². The van der Waals surface area contributed by atoms with Crippen molar-refractivity contribution in [3.05, 3.63) is 78.3 Å². The fraction of sp³-hybridized carbons (Fsp3) is 0.0870. The Morgan fingerprint density at radius 1 is 0.917 bits per heavy atom. The fourth-order valence-electron chi connectivity index (χ4n) is 3.49. The molecule has 1 aliphatic rings. The minimum Gasteiger partial charge on any atom is -0.363 e. The van der Waals surface area contributed by atoms with Crippen LogP contribution in [-0.2, 0) is 6.18 Å². The molecule has 13 heteroatoms. The number of nitrogens with one attached hydrogen (secondary N) is 4. The molecule has 184 valence electrons. The van der Waals surface area contributed by atoms with E-state index in [1.54, 1.807) is 12.1 Å². The van der Waals surface area contributed by atoms with Crippen LogP contribution in [-0.4, -0.2) is 21.6 Å². The number of hydrogen-bond acceptors (Lipinski definition) is 8. The van der Waals surface area contributed by atoms with Crippen LogP contribution in [0.25, 0.3) is 11.3 Å². The summed E-state index contributed by atoms with van der Waals surface area (Å²) in [4.78, 5) is 13.1. The van der Waals surface area contributed by atoms with Crippen molar-refractivity contribution in [1.29, 1.82) is 0 Å². The van der Waals surface area contributed by atoms with Crippen molar-refractivity contribution in [3.8, 4) is 11.3 Å². The monoisotopic (exact) mass is 517 g/mol. The van der Waals surface area contributed by atoms with Crippen molar-refractivity contribution >= 4 is 40.6 Å². The van der Waals surface area contributed by atoms with Crippen molar-refractivity contribution in [1.82, 2.24) is 15.0 Å². The maximum Gasteiger partial charge on any atom is 0.416 e. The molecule has 3 heterocycles. The highest BCUT2D eigenvalue weighted by Gasteiger charge is 2.30. The molecule has 0 saturated carbocycles. The summed E-state index contributed by atoms with van der Waals surface area (Å²) in [6.45, 7) is 0.456. The molecule has 1 aliphatic heterocycles. The largest absolute Gasteiger partial charge is 0.416 e. The highest BCUT2D eigenvalue weighted by atomic mass is 32.2. The summed E-state index contributed by atoms with van der Waals surface area (Å²) in [6, 6.07) is 9.99. The van der Waals surface area contributed by atoms with Crippen LogP contribution in [0.2, 0.25) is 0 Å². The van der Waals surface area contributed by atoms with E-state index >= 15 is 4.39 Å². The number of hydrogen-bond donors (Lipinski definition) is 4. The van der Waals surface area contributed by atoms with Gasteiger partial charge in [-0.15, -0.1) is 0 Å². The molecule has 0 aliphatic carbocycles. The topological polar surface area (TPSA) is 86.8 Å². The van der Waals surface area contributed by atoms with Gasteiger partial charge >= 0.3 is 6.18 Å². The lowest BCUT2D eigenvalue weighted by molar-refractivity contribution is -0.137. The lowest BCUT2D eigenvalue weighted by Gasteiger charge is -2.15. The first-order chi connectivity index (χ1) is 17.3. The van der Waals surface area contributed by atoms with Gasteiger partial charge in [0.2, 0.25) is 0 Å². The van der Waals surface area contributed by atoms with Gasteiger partial charge < -0.3 is 20.7 Å². The van der Waals surface area contributed by atoms with E-state index < -0.39 is 29.1 Å². The van der Waals surface area contributed by atoms with Gasteiger partial charge in [0.1, 0.15) is 35.0 Å². The molecular weight excluding hydrogens is 501 g/mol. The van der Waals surface area contributed by atoms with Crippen LogP contribution < -0.4 is 20.7 Å². The summed E-state index contributed by atoms with van der Waals surface area (Å²) in [5.74, 6) is -1.03. The summed E-state index contributed by atoms with van der Waals surface area (Å²) in [5, 5.41) is 8.89. The van der Waals surface area contributed by atoms with E-state index in [0.717, 1.165) is 30.1 Å². The highest BCUT2D eigenvalue weighted by Crippen LogP contribution is 2.38. The van der Waals surface area contributed by atoms with Gasteiger partial charge in [-0.3, -0.25) is 0 Å². The van der Waals surface area contributed by atoms with Crippen LogP contribution in [0.5, 0.6) is 0 Å². The van der Waals surface area contributed by atoms with Gasteiger partial charge in [0.05, 0.1) is 17.9 Å². The molecule has 0 radical (unpaired) electrons. The summed E-state index contributed by atoms with van der Waals surface area (Å²) >= 11 is 0.886. The van der Waals surface area contributed by atoms with E-state index in [9.17, 15) is 17.6 Å². The van der Waals surface area contributed by atoms with Gasteiger partial charge in [-0.25, -0.2) is 23.7 Å². The molecule has 0 bridgehead atoms. The van der Waals surface area contributed by atoms with Crippen molar-refractivity contribution in [2.75, 3.05) is 27.3 Å². The lowest BCUT2D eigenvalue weighted by atomic mass is 10.1. The predicted octanol–water partition coefficient (Wildman–Crippen LogP) is 6.49. The second-order valence-electron chi connectivity index (χ2n) is 7.51. The van der Waals surface area contributed by atoms with E-state index in [2.05, 4.69) is 35.6 Å². The van der Waals surface area contributed by atoms with Gasteiger partial charge in [-0.1, -0.05) is 0 Å². The molecule has 0 spiro atoms. The van der Waals surface area contributed by atoms with E-state index in [-0.39, 0.29) is 11.5 Å². The summed E-state index contributed by atoms with van der Waals surface area (Å²) < 4.78 is 70.9. The van der Waals surface area contributed by atoms with Crippen LogP contribution in [0.15, 0.2) is 66.0 Å². The standard InChI is InChI=1S/C23H16F5N7S/c24-15-7-8-16(35-36-13-5-3-12(4-6-13)23(26,27)28)17(25)19(15)34-21-14(2-1-9-29-21)18-20-22(32-10-30-18)33-11-31-20/h1-10,31,35H,11H2,(H,29,34)(H,30,32,33). The first kappa shape index (κ1) is 23.6. The van der Waals surface area contributed by atoms with Crippen LogP contribution in [0.3, 0.4) is 0 Å². The third kappa shape index (κ3) is 4.69. The maximum atomic E-state index is 15.3. The second kappa shape index (κ2) is 9.49. The zero-order valence-electron chi connectivity index (χ0n) is 18.1. The number of nitrogens with zero attached hydrogens (tertiary/aromatic N) is 3. The third-order valence-electron chi connectivity index (χ3n) is 5.23. The van der Waals surface area contributed by atoms with Gasteiger partial charge in [-0.05, 0) is 60.5 Å². The Bertz CT molecular complexity index is 1410. The molecular formula is C23H16F5N7S. The number of rotatable bonds is 6. The normalized spacial score (nSPS) is 12.5. The Labute approximate surface area is 205 Å². The molecule has 2 aromatic heterocycles. The molecule has 0 atom stereocenters. The molecule has 5 rings (SSSR count). The number of anilines is 5. The quantitative estimate of drug-likeness (QED) is 0.171.